The molecule has 0 aliphatic carbocycles. The highest BCUT2D eigenvalue weighted by molar-refractivity contribution is 5.82. The molecule has 2 nitrogen and oxygen atoms in total. The maximum atomic E-state index is 12.9. The van der Waals surface area contributed by atoms with Crippen LogP contribution < -0.4 is 0 Å². The summed E-state index contributed by atoms with van der Waals surface area (Å²) < 4.78 is 18.0. The van der Waals surface area contributed by atoms with Gasteiger partial charge in [0.2, 0.25) is 0 Å². The number of esters is 1. The van der Waals surface area contributed by atoms with Crippen LogP contribution in [0.5, 0.6) is 0 Å². The van der Waals surface area contributed by atoms with Gasteiger partial charge in [-0.3, -0.25) is 4.79 Å². The molecule has 0 spiro atoms. The lowest BCUT2D eigenvalue weighted by Gasteiger charge is -2.27. The summed E-state index contributed by atoms with van der Waals surface area (Å²) >= 11 is 0. The Hall–Kier alpha value is -1.90. The van der Waals surface area contributed by atoms with Crippen LogP contribution in [0.2, 0.25) is 0 Å². The van der Waals surface area contributed by atoms with Gasteiger partial charge in [0, 0.05) is 0 Å². The maximum Gasteiger partial charge on any atom is 0.316 e. The highest BCUT2D eigenvalue weighted by atomic mass is 19.1. The first-order valence-corrected chi connectivity index (χ1v) is 6.66. The first-order chi connectivity index (χ1) is 9.43. The average molecular weight is 276 g/mol. The van der Waals surface area contributed by atoms with Crippen LogP contribution in [0.3, 0.4) is 0 Å². The third-order valence-electron chi connectivity index (χ3n) is 3.40. The van der Waals surface area contributed by atoms with Gasteiger partial charge in [0.15, 0.2) is 0 Å². The fraction of sp³-hybridized carbons (Fsp3) is 0.353. The van der Waals surface area contributed by atoms with Crippen molar-refractivity contribution >= 4 is 12.0 Å². The normalized spacial score (nSPS) is 14.5. The van der Waals surface area contributed by atoms with Crippen molar-refractivity contribution in [1.29, 1.82) is 0 Å². The summed E-state index contributed by atoms with van der Waals surface area (Å²) in [4.78, 5) is 12.2. The van der Waals surface area contributed by atoms with E-state index in [1.165, 1.54) is 12.1 Å². The van der Waals surface area contributed by atoms with E-state index in [0.29, 0.717) is 13.0 Å². The summed E-state index contributed by atoms with van der Waals surface area (Å²) in [5, 5.41) is 0. The molecule has 0 saturated carbocycles. The minimum Gasteiger partial charge on any atom is -0.465 e. The van der Waals surface area contributed by atoms with Gasteiger partial charge in [0.25, 0.3) is 0 Å². The van der Waals surface area contributed by atoms with E-state index in [0.717, 1.165) is 11.1 Å². The first-order valence-electron chi connectivity index (χ1n) is 6.66. The van der Waals surface area contributed by atoms with Crippen LogP contribution >= 0.6 is 0 Å². The summed E-state index contributed by atoms with van der Waals surface area (Å²) in [7, 11) is 0. The summed E-state index contributed by atoms with van der Waals surface area (Å²) in [5.74, 6) is -0.546. The molecule has 0 saturated heterocycles. The largest absolute Gasteiger partial charge is 0.465 e. The second-order valence-corrected chi connectivity index (χ2v) is 4.92. The molecule has 1 atom stereocenters. The van der Waals surface area contributed by atoms with Gasteiger partial charge in [0.05, 0.1) is 12.0 Å². The van der Waals surface area contributed by atoms with Crippen molar-refractivity contribution in [1.82, 2.24) is 0 Å². The zero-order chi connectivity index (χ0) is 15.2. The van der Waals surface area contributed by atoms with Gasteiger partial charge >= 0.3 is 5.97 Å². The topological polar surface area (TPSA) is 26.3 Å². The van der Waals surface area contributed by atoms with Crippen LogP contribution in [-0.4, -0.2) is 12.6 Å². The standard InChI is InChI=1S/C17H21FO2/c1-5-11-17(4,16(19)20-6-2)13(3)12-14-7-9-15(18)10-8-14/h5,7-10,12H,1,6,11H2,2-4H3/b13-12+. The summed E-state index contributed by atoms with van der Waals surface area (Å²) in [6.45, 7) is 9.54. The molecule has 0 aliphatic heterocycles. The van der Waals surface area contributed by atoms with Gasteiger partial charge in [-0.2, -0.15) is 0 Å². The summed E-state index contributed by atoms with van der Waals surface area (Å²) in [6, 6.07) is 6.15. The number of hydrogen-bond acceptors (Lipinski definition) is 2. The minimum atomic E-state index is -0.744. The smallest absolute Gasteiger partial charge is 0.316 e. The predicted octanol–water partition coefficient (Wildman–Crippen LogP) is 4.37. The Kier molecular flexibility index (Phi) is 5.68. The highest BCUT2D eigenvalue weighted by Crippen LogP contribution is 2.34. The molecule has 108 valence electrons. The number of benzene rings is 1. The van der Waals surface area contributed by atoms with Crippen molar-refractivity contribution < 1.29 is 13.9 Å². The summed E-state index contributed by atoms with van der Waals surface area (Å²) in [5.41, 5.74) is 0.970. The molecule has 1 unspecified atom stereocenters. The molecule has 0 amide bonds. The Morgan fingerprint density at radius 1 is 1.40 bits per heavy atom. The lowest BCUT2D eigenvalue weighted by Crippen LogP contribution is -2.30. The number of halogens is 1. The molecule has 0 aromatic heterocycles. The predicted molar refractivity (Wildman–Crippen MR) is 79.6 cm³/mol. The number of carbonyl (C=O) groups is 1. The fourth-order valence-electron chi connectivity index (χ4n) is 1.95. The van der Waals surface area contributed by atoms with Crippen LogP contribution in [0.25, 0.3) is 6.08 Å². The van der Waals surface area contributed by atoms with E-state index >= 15 is 0 Å². The van der Waals surface area contributed by atoms with Crippen molar-refractivity contribution in [2.24, 2.45) is 5.41 Å². The van der Waals surface area contributed by atoms with Gasteiger partial charge < -0.3 is 4.74 Å². The van der Waals surface area contributed by atoms with Crippen LogP contribution in [0.1, 0.15) is 32.8 Å². The molecule has 0 fully saturated rings. The SMILES string of the molecule is C=CCC(C)(C(=O)OCC)/C(C)=C/c1ccc(F)cc1. The quantitative estimate of drug-likeness (QED) is 0.569. The molecule has 0 bridgehead atoms. The first kappa shape index (κ1) is 16.2. The van der Waals surface area contributed by atoms with Crippen molar-refractivity contribution in [2.75, 3.05) is 6.61 Å². The van der Waals surface area contributed by atoms with E-state index in [4.69, 9.17) is 4.74 Å². The lowest BCUT2D eigenvalue weighted by molar-refractivity contribution is -0.151. The van der Waals surface area contributed by atoms with Gasteiger partial charge in [-0.05, 0) is 44.9 Å². The number of ether oxygens (including phenoxy) is 1. The number of rotatable bonds is 6. The van der Waals surface area contributed by atoms with Crippen molar-refractivity contribution in [3.05, 3.63) is 53.9 Å². The van der Waals surface area contributed by atoms with Gasteiger partial charge in [-0.25, -0.2) is 4.39 Å². The van der Waals surface area contributed by atoms with E-state index in [9.17, 15) is 9.18 Å². The molecule has 20 heavy (non-hydrogen) atoms. The van der Waals surface area contributed by atoms with Crippen LogP contribution in [0, 0.1) is 11.2 Å². The third-order valence-corrected chi connectivity index (χ3v) is 3.40. The number of allylic oxidation sites excluding steroid dienone is 1. The zero-order valence-electron chi connectivity index (χ0n) is 12.3. The lowest BCUT2D eigenvalue weighted by atomic mass is 9.79. The van der Waals surface area contributed by atoms with E-state index < -0.39 is 5.41 Å². The highest BCUT2D eigenvalue weighted by Gasteiger charge is 2.35. The van der Waals surface area contributed by atoms with E-state index in [1.54, 1.807) is 25.1 Å². The Bertz CT molecular complexity index is 502. The van der Waals surface area contributed by atoms with E-state index in [1.807, 2.05) is 19.9 Å². The van der Waals surface area contributed by atoms with Crippen molar-refractivity contribution in [3.8, 4) is 0 Å². The van der Waals surface area contributed by atoms with E-state index in [-0.39, 0.29) is 11.8 Å². The summed E-state index contributed by atoms with van der Waals surface area (Å²) in [6.07, 6.45) is 4.08. The van der Waals surface area contributed by atoms with Crippen LogP contribution in [0.15, 0.2) is 42.5 Å². The minimum absolute atomic E-state index is 0.268. The fourth-order valence-corrected chi connectivity index (χ4v) is 1.95. The molecule has 0 N–H and O–H groups in total. The molecule has 0 aliphatic rings. The van der Waals surface area contributed by atoms with Crippen molar-refractivity contribution in [3.63, 3.8) is 0 Å². The number of hydrogen-bond donors (Lipinski definition) is 0. The van der Waals surface area contributed by atoms with Gasteiger partial charge in [-0.1, -0.05) is 29.9 Å². The molecular formula is C17H21FO2. The monoisotopic (exact) mass is 276 g/mol. The molecule has 0 heterocycles. The van der Waals surface area contributed by atoms with Crippen LogP contribution in [-0.2, 0) is 9.53 Å². The second kappa shape index (κ2) is 7.04. The molecule has 1 rings (SSSR count). The zero-order valence-corrected chi connectivity index (χ0v) is 12.3. The Morgan fingerprint density at radius 3 is 2.50 bits per heavy atom. The Balaban J connectivity index is 3.09. The third kappa shape index (κ3) is 3.80. The molecule has 3 heteroatoms. The molecular weight excluding hydrogens is 255 g/mol. The molecule has 1 aromatic rings. The van der Waals surface area contributed by atoms with Gasteiger partial charge in [-0.15, -0.1) is 6.58 Å². The second-order valence-electron chi connectivity index (χ2n) is 4.92. The molecule has 1 aromatic carbocycles. The Labute approximate surface area is 120 Å². The van der Waals surface area contributed by atoms with E-state index in [2.05, 4.69) is 6.58 Å². The average Bonchev–Trinajstić information content (AvgIpc) is 2.41. The Morgan fingerprint density at radius 2 is 2.00 bits per heavy atom. The van der Waals surface area contributed by atoms with Crippen molar-refractivity contribution in [2.45, 2.75) is 27.2 Å². The van der Waals surface area contributed by atoms with Crippen LogP contribution in [0.4, 0.5) is 4.39 Å². The van der Waals surface area contributed by atoms with Gasteiger partial charge in [0.1, 0.15) is 5.82 Å². The maximum absolute atomic E-state index is 12.9. The number of carbonyl (C=O) groups excluding carboxylic acids is 1. The molecule has 0 radical (unpaired) electrons.